The molecule has 6 heterocycles. The first-order valence-electron chi connectivity index (χ1n) is 12.5. The summed E-state index contributed by atoms with van der Waals surface area (Å²) in [6, 6.07) is 32.1. The van der Waals surface area contributed by atoms with Crippen LogP contribution in [0.3, 0.4) is 0 Å². The van der Waals surface area contributed by atoms with Gasteiger partial charge in [-0.25, -0.2) is 9.97 Å². The van der Waals surface area contributed by atoms with Gasteiger partial charge in [0.2, 0.25) is 0 Å². The highest BCUT2D eigenvalue weighted by Crippen LogP contribution is 2.23. The Morgan fingerprint density at radius 1 is 0.475 bits per heavy atom. The smallest absolute Gasteiger partial charge is 0.307 e. The Bertz CT molecular complexity index is 1570. The lowest BCUT2D eigenvalue weighted by Crippen LogP contribution is -2.02. The summed E-state index contributed by atoms with van der Waals surface area (Å²) in [5.41, 5.74) is 6.81. The molecule has 0 spiro atoms. The van der Waals surface area contributed by atoms with Gasteiger partial charge in [0.1, 0.15) is 0 Å². The Hall–Kier alpha value is -5.63. The van der Waals surface area contributed by atoms with Crippen LogP contribution in [0.15, 0.2) is 128 Å². The van der Waals surface area contributed by atoms with Crippen LogP contribution in [-0.2, 0) is 11.2 Å². The number of hydrogen-bond acceptors (Lipinski definition) is 7. The minimum Gasteiger partial charge on any atom is -0.481 e. The average molecular weight is 525 g/mol. The highest BCUT2D eigenvalue weighted by molar-refractivity contribution is 5.72. The van der Waals surface area contributed by atoms with E-state index in [0.29, 0.717) is 28.3 Å². The van der Waals surface area contributed by atoms with Crippen molar-refractivity contribution in [3.8, 4) is 45.6 Å². The molecule has 0 atom stereocenters. The minimum absolute atomic E-state index is 0.0673. The van der Waals surface area contributed by atoms with Gasteiger partial charge < -0.3 is 5.11 Å². The second kappa shape index (κ2) is 12.7. The van der Waals surface area contributed by atoms with Crippen LogP contribution >= 0.6 is 0 Å². The topological polar surface area (TPSA) is 115 Å². The van der Waals surface area contributed by atoms with Crippen molar-refractivity contribution >= 4 is 5.97 Å². The lowest BCUT2D eigenvalue weighted by molar-refractivity contribution is -0.136. The molecule has 0 fully saturated rings. The van der Waals surface area contributed by atoms with Crippen LogP contribution in [0.1, 0.15) is 5.56 Å². The number of carbonyl (C=O) groups is 1. The number of carboxylic acid groups (broad SMARTS) is 1. The number of hydrogen-bond donors (Lipinski definition) is 1. The maximum atomic E-state index is 11.0. The maximum Gasteiger partial charge on any atom is 0.307 e. The van der Waals surface area contributed by atoms with Gasteiger partial charge in [0.25, 0.3) is 0 Å². The van der Waals surface area contributed by atoms with E-state index < -0.39 is 5.97 Å². The van der Waals surface area contributed by atoms with Crippen molar-refractivity contribution in [1.82, 2.24) is 29.9 Å². The molecule has 6 aromatic rings. The normalized spacial score (nSPS) is 10.3. The van der Waals surface area contributed by atoms with Gasteiger partial charge in [-0.15, -0.1) is 0 Å². The van der Waals surface area contributed by atoms with Crippen LogP contribution < -0.4 is 0 Å². The summed E-state index contributed by atoms with van der Waals surface area (Å²) in [6.07, 6.45) is 6.83. The molecule has 0 saturated carbocycles. The summed E-state index contributed by atoms with van der Waals surface area (Å²) in [7, 11) is 0. The Morgan fingerprint density at radius 2 is 0.825 bits per heavy atom. The van der Waals surface area contributed by atoms with Crippen LogP contribution in [0.2, 0.25) is 0 Å². The van der Waals surface area contributed by atoms with Crippen molar-refractivity contribution < 1.29 is 9.90 Å². The molecule has 0 aliphatic heterocycles. The van der Waals surface area contributed by atoms with Gasteiger partial charge >= 0.3 is 5.97 Å². The summed E-state index contributed by atoms with van der Waals surface area (Å²) >= 11 is 0. The Kier molecular flexibility index (Phi) is 8.29. The Morgan fingerprint density at radius 3 is 1.18 bits per heavy atom. The number of aliphatic carboxylic acids is 1. The summed E-state index contributed by atoms with van der Waals surface area (Å²) in [5.74, 6) is -0.884. The fourth-order valence-corrected chi connectivity index (χ4v) is 3.90. The van der Waals surface area contributed by atoms with E-state index >= 15 is 0 Å². The van der Waals surface area contributed by atoms with E-state index in [1.807, 2.05) is 91.0 Å². The predicted octanol–water partition coefficient (Wildman–Crippen LogP) is 6.04. The molecule has 194 valence electrons. The molecule has 0 radical (unpaired) electrons. The van der Waals surface area contributed by atoms with Crippen molar-refractivity contribution in [3.05, 3.63) is 133 Å². The summed E-state index contributed by atoms with van der Waals surface area (Å²) in [5, 5.41) is 9.04. The third-order valence-corrected chi connectivity index (χ3v) is 5.70. The van der Waals surface area contributed by atoms with Gasteiger partial charge in [0, 0.05) is 24.8 Å². The molecule has 40 heavy (non-hydrogen) atoms. The Balaban J connectivity index is 0.000000164. The molecule has 0 aliphatic rings. The molecular weight excluding hydrogens is 500 g/mol. The molecule has 0 aromatic carbocycles. The quantitative estimate of drug-likeness (QED) is 0.281. The highest BCUT2D eigenvalue weighted by atomic mass is 16.4. The lowest BCUT2D eigenvalue weighted by Gasteiger charge is -2.07. The molecule has 8 heteroatoms. The molecule has 1 N–H and O–H groups in total. The van der Waals surface area contributed by atoms with Crippen LogP contribution in [0, 0.1) is 0 Å². The molecule has 0 unspecified atom stereocenters. The minimum atomic E-state index is -0.884. The van der Waals surface area contributed by atoms with Gasteiger partial charge in [0.15, 0.2) is 0 Å². The number of nitrogens with zero attached hydrogens (tertiary/aromatic N) is 6. The zero-order valence-corrected chi connectivity index (χ0v) is 21.4. The molecule has 0 aliphatic carbocycles. The van der Waals surface area contributed by atoms with Gasteiger partial charge in [0.05, 0.1) is 52.0 Å². The van der Waals surface area contributed by atoms with E-state index in [1.54, 1.807) is 36.9 Å². The largest absolute Gasteiger partial charge is 0.481 e. The number of rotatable bonds is 6. The fraction of sp³-hybridized carbons (Fsp3) is 0.0312. The second-order valence-electron chi connectivity index (χ2n) is 8.58. The maximum absolute atomic E-state index is 11.0. The molecule has 0 amide bonds. The van der Waals surface area contributed by atoms with E-state index in [-0.39, 0.29) is 6.42 Å². The van der Waals surface area contributed by atoms with Crippen molar-refractivity contribution in [2.75, 3.05) is 0 Å². The van der Waals surface area contributed by atoms with Gasteiger partial charge in [-0.05, 0) is 78.4 Å². The predicted molar refractivity (Wildman–Crippen MR) is 153 cm³/mol. The highest BCUT2D eigenvalue weighted by Gasteiger charge is 2.10. The second-order valence-corrected chi connectivity index (χ2v) is 8.58. The van der Waals surface area contributed by atoms with Crippen LogP contribution in [0.5, 0.6) is 0 Å². The zero-order valence-electron chi connectivity index (χ0n) is 21.4. The summed E-state index contributed by atoms with van der Waals surface area (Å²) in [4.78, 5) is 37.3. The molecule has 8 nitrogen and oxygen atoms in total. The van der Waals surface area contributed by atoms with E-state index in [0.717, 1.165) is 22.8 Å². The van der Waals surface area contributed by atoms with E-state index in [1.165, 1.54) is 0 Å². The van der Waals surface area contributed by atoms with Gasteiger partial charge in [-0.2, -0.15) is 0 Å². The van der Waals surface area contributed by atoms with Gasteiger partial charge in [-0.3, -0.25) is 24.7 Å². The lowest BCUT2D eigenvalue weighted by atomic mass is 10.1. The van der Waals surface area contributed by atoms with Crippen molar-refractivity contribution in [2.24, 2.45) is 0 Å². The van der Waals surface area contributed by atoms with Crippen LogP contribution in [-0.4, -0.2) is 41.0 Å². The Labute approximate surface area is 231 Å². The fourth-order valence-electron chi connectivity index (χ4n) is 3.90. The first-order valence-corrected chi connectivity index (χ1v) is 12.5. The molecule has 0 bridgehead atoms. The zero-order chi connectivity index (χ0) is 27.6. The van der Waals surface area contributed by atoms with E-state index in [4.69, 9.17) is 5.11 Å². The van der Waals surface area contributed by atoms with E-state index in [2.05, 4.69) is 29.9 Å². The average Bonchev–Trinajstić information content (AvgIpc) is 3.03. The van der Waals surface area contributed by atoms with Crippen molar-refractivity contribution in [1.29, 1.82) is 0 Å². The third kappa shape index (κ3) is 6.81. The standard InChI is InChI=1S/C17H13N3O2.C15H11N3/c21-17(22)11-12-9-15(13-5-1-3-7-18-13)20-16(10-12)14-6-2-4-8-19-14;1-3-10-16-12(6-1)14-8-5-9-15(18-14)13-7-2-4-11-17-13/h1-10H,11H2,(H,21,22);1-11H. The number of pyridine rings is 6. The summed E-state index contributed by atoms with van der Waals surface area (Å²) < 4.78 is 0. The first-order chi connectivity index (χ1) is 19.7. The van der Waals surface area contributed by atoms with Crippen LogP contribution in [0.4, 0.5) is 0 Å². The van der Waals surface area contributed by atoms with Crippen molar-refractivity contribution in [3.63, 3.8) is 0 Å². The van der Waals surface area contributed by atoms with E-state index in [9.17, 15) is 4.79 Å². The number of aromatic nitrogens is 6. The van der Waals surface area contributed by atoms with Gasteiger partial charge in [-0.1, -0.05) is 30.3 Å². The number of carboxylic acids is 1. The monoisotopic (exact) mass is 524 g/mol. The molecule has 0 saturated heterocycles. The molecular formula is C32H24N6O2. The molecule has 6 rings (SSSR count). The molecule has 6 aromatic heterocycles. The SMILES string of the molecule is O=C(O)Cc1cc(-c2ccccn2)nc(-c2ccccn2)c1.c1ccc(-c2cccc(-c3ccccn3)n2)nc1. The van der Waals surface area contributed by atoms with Crippen LogP contribution in [0.25, 0.3) is 45.6 Å². The first kappa shape index (κ1) is 26.0. The summed E-state index contributed by atoms with van der Waals surface area (Å²) in [6.45, 7) is 0. The van der Waals surface area contributed by atoms with Crippen molar-refractivity contribution in [2.45, 2.75) is 6.42 Å². The third-order valence-electron chi connectivity index (χ3n) is 5.70.